The first-order valence-corrected chi connectivity index (χ1v) is 8.08. The predicted molar refractivity (Wildman–Crippen MR) is 98.9 cm³/mol. The molecule has 6 nitrogen and oxygen atoms in total. The van der Waals surface area contributed by atoms with E-state index in [1.807, 2.05) is 32.0 Å². The summed E-state index contributed by atoms with van der Waals surface area (Å²) >= 11 is 0. The molecule has 3 rings (SSSR count). The lowest BCUT2D eigenvalue weighted by Gasteiger charge is -2.10. The third kappa shape index (κ3) is 3.39. The molecular formula is C20H20N2O4. The fraction of sp³-hybridized carbons (Fsp3) is 0.200. The Morgan fingerprint density at radius 1 is 1.04 bits per heavy atom. The molecule has 0 aliphatic heterocycles. The van der Waals surface area contributed by atoms with Crippen molar-refractivity contribution in [3.63, 3.8) is 0 Å². The van der Waals surface area contributed by atoms with Crippen molar-refractivity contribution >= 4 is 11.6 Å². The predicted octanol–water partition coefficient (Wildman–Crippen LogP) is 4.23. The summed E-state index contributed by atoms with van der Waals surface area (Å²) in [6.07, 6.45) is 1.25. The lowest BCUT2D eigenvalue weighted by atomic mass is 10.1. The molecular weight excluding hydrogens is 332 g/mol. The maximum Gasteiger partial charge on any atom is 0.278 e. The molecule has 0 radical (unpaired) electrons. The van der Waals surface area contributed by atoms with Gasteiger partial charge in [0, 0.05) is 11.3 Å². The van der Waals surface area contributed by atoms with Crippen LogP contribution in [0.25, 0.3) is 11.3 Å². The summed E-state index contributed by atoms with van der Waals surface area (Å²) in [6.45, 7) is 3.95. The number of oxazole rings is 1. The molecule has 134 valence electrons. The molecule has 0 saturated carbocycles. The summed E-state index contributed by atoms with van der Waals surface area (Å²) in [5.74, 6) is 1.17. The number of benzene rings is 2. The van der Waals surface area contributed by atoms with E-state index in [1.165, 1.54) is 6.39 Å². The molecule has 0 spiro atoms. The largest absolute Gasteiger partial charge is 0.493 e. The first kappa shape index (κ1) is 17.5. The summed E-state index contributed by atoms with van der Waals surface area (Å²) < 4.78 is 16.0. The molecule has 1 heterocycles. The summed E-state index contributed by atoms with van der Waals surface area (Å²) in [7, 11) is 3.12. The van der Waals surface area contributed by atoms with Crippen LogP contribution in [-0.2, 0) is 0 Å². The van der Waals surface area contributed by atoms with Crippen LogP contribution in [-0.4, -0.2) is 25.1 Å². The molecule has 1 N–H and O–H groups in total. The minimum atomic E-state index is -0.338. The van der Waals surface area contributed by atoms with Gasteiger partial charge in [0.25, 0.3) is 5.91 Å². The van der Waals surface area contributed by atoms with Crippen LogP contribution in [0.4, 0.5) is 5.69 Å². The maximum absolute atomic E-state index is 12.7. The van der Waals surface area contributed by atoms with Crippen molar-refractivity contribution in [1.29, 1.82) is 0 Å². The number of ether oxygens (including phenoxy) is 2. The minimum Gasteiger partial charge on any atom is -0.493 e. The molecule has 2 aromatic carbocycles. The highest BCUT2D eigenvalue weighted by Crippen LogP contribution is 2.33. The number of aromatic nitrogens is 1. The van der Waals surface area contributed by atoms with Crippen molar-refractivity contribution in [2.24, 2.45) is 0 Å². The maximum atomic E-state index is 12.7. The third-order valence-electron chi connectivity index (χ3n) is 4.06. The molecule has 0 saturated heterocycles. The molecule has 0 atom stereocenters. The Hall–Kier alpha value is -3.28. The summed E-state index contributed by atoms with van der Waals surface area (Å²) in [5.41, 5.74) is 3.73. The van der Waals surface area contributed by atoms with Crippen molar-refractivity contribution in [3.8, 4) is 22.8 Å². The van der Waals surface area contributed by atoms with Gasteiger partial charge in [0.2, 0.25) is 0 Å². The van der Waals surface area contributed by atoms with E-state index in [9.17, 15) is 4.79 Å². The van der Waals surface area contributed by atoms with Crippen molar-refractivity contribution < 1.29 is 18.7 Å². The fourth-order valence-corrected chi connectivity index (χ4v) is 2.73. The smallest absolute Gasteiger partial charge is 0.278 e. The first-order chi connectivity index (χ1) is 12.5. The second-order valence-electron chi connectivity index (χ2n) is 5.87. The number of aryl methyl sites for hydroxylation is 2. The zero-order valence-electron chi connectivity index (χ0n) is 15.1. The molecule has 0 unspecified atom stereocenters. The number of carbonyl (C=O) groups is 1. The highest BCUT2D eigenvalue weighted by molar-refractivity contribution is 6.06. The van der Waals surface area contributed by atoms with Crippen molar-refractivity contribution in [1.82, 2.24) is 4.98 Å². The van der Waals surface area contributed by atoms with Gasteiger partial charge in [-0.1, -0.05) is 17.7 Å². The number of rotatable bonds is 5. The average Bonchev–Trinajstić information content (AvgIpc) is 3.13. The van der Waals surface area contributed by atoms with Gasteiger partial charge in [0.15, 0.2) is 29.3 Å². The van der Waals surface area contributed by atoms with E-state index in [4.69, 9.17) is 13.9 Å². The normalized spacial score (nSPS) is 10.5. The summed E-state index contributed by atoms with van der Waals surface area (Å²) in [5, 5.41) is 2.88. The Labute approximate surface area is 151 Å². The van der Waals surface area contributed by atoms with Crippen LogP contribution in [0.3, 0.4) is 0 Å². The first-order valence-electron chi connectivity index (χ1n) is 8.08. The van der Waals surface area contributed by atoms with Crippen LogP contribution in [0.2, 0.25) is 0 Å². The molecule has 0 aliphatic carbocycles. The zero-order valence-corrected chi connectivity index (χ0v) is 15.1. The Morgan fingerprint density at radius 2 is 1.81 bits per heavy atom. The zero-order chi connectivity index (χ0) is 18.7. The van der Waals surface area contributed by atoms with Gasteiger partial charge in [-0.25, -0.2) is 4.98 Å². The monoisotopic (exact) mass is 352 g/mol. The number of carbonyl (C=O) groups excluding carboxylic acids is 1. The van der Waals surface area contributed by atoms with E-state index in [0.29, 0.717) is 22.8 Å². The molecule has 26 heavy (non-hydrogen) atoms. The van der Waals surface area contributed by atoms with Gasteiger partial charge in [-0.15, -0.1) is 0 Å². The van der Waals surface area contributed by atoms with E-state index < -0.39 is 0 Å². The van der Waals surface area contributed by atoms with Gasteiger partial charge in [0.05, 0.1) is 14.2 Å². The SMILES string of the molecule is COc1ccc(-c2ocnc2C(=O)Nc2ccc(C)cc2C)cc1OC. The van der Waals surface area contributed by atoms with Gasteiger partial charge in [-0.3, -0.25) is 4.79 Å². The number of nitrogens with one attached hydrogen (secondary N) is 1. The van der Waals surface area contributed by atoms with Crippen molar-refractivity contribution in [2.45, 2.75) is 13.8 Å². The molecule has 0 bridgehead atoms. The lowest BCUT2D eigenvalue weighted by molar-refractivity contribution is 0.102. The van der Waals surface area contributed by atoms with Crippen LogP contribution >= 0.6 is 0 Å². The van der Waals surface area contributed by atoms with E-state index in [0.717, 1.165) is 16.8 Å². The summed E-state index contributed by atoms with van der Waals surface area (Å²) in [4.78, 5) is 16.8. The molecule has 3 aromatic rings. The number of hydrogen-bond acceptors (Lipinski definition) is 5. The Morgan fingerprint density at radius 3 is 2.50 bits per heavy atom. The van der Waals surface area contributed by atoms with Crippen LogP contribution in [0.1, 0.15) is 21.6 Å². The van der Waals surface area contributed by atoms with E-state index >= 15 is 0 Å². The van der Waals surface area contributed by atoms with Crippen LogP contribution in [0, 0.1) is 13.8 Å². The second-order valence-corrected chi connectivity index (χ2v) is 5.87. The molecule has 1 amide bonds. The molecule has 0 aliphatic rings. The summed E-state index contributed by atoms with van der Waals surface area (Å²) in [6, 6.07) is 11.1. The number of nitrogens with zero attached hydrogens (tertiary/aromatic N) is 1. The quantitative estimate of drug-likeness (QED) is 0.744. The number of amides is 1. The second kappa shape index (κ2) is 7.31. The van der Waals surface area contributed by atoms with Crippen LogP contribution in [0.15, 0.2) is 47.2 Å². The van der Waals surface area contributed by atoms with E-state index in [1.54, 1.807) is 32.4 Å². The van der Waals surface area contributed by atoms with Gasteiger partial charge < -0.3 is 19.2 Å². The van der Waals surface area contributed by atoms with Gasteiger partial charge >= 0.3 is 0 Å². The molecule has 1 aromatic heterocycles. The van der Waals surface area contributed by atoms with Crippen molar-refractivity contribution in [2.75, 3.05) is 19.5 Å². The van der Waals surface area contributed by atoms with Crippen molar-refractivity contribution in [3.05, 3.63) is 59.6 Å². The third-order valence-corrected chi connectivity index (χ3v) is 4.06. The highest BCUT2D eigenvalue weighted by atomic mass is 16.5. The van der Waals surface area contributed by atoms with E-state index in [2.05, 4.69) is 10.3 Å². The van der Waals surface area contributed by atoms with Crippen LogP contribution < -0.4 is 14.8 Å². The minimum absolute atomic E-state index is 0.206. The number of hydrogen-bond donors (Lipinski definition) is 1. The Balaban J connectivity index is 1.92. The van der Waals surface area contributed by atoms with E-state index in [-0.39, 0.29) is 11.6 Å². The topological polar surface area (TPSA) is 73.6 Å². The number of anilines is 1. The molecule has 6 heteroatoms. The average molecular weight is 352 g/mol. The highest BCUT2D eigenvalue weighted by Gasteiger charge is 2.20. The lowest BCUT2D eigenvalue weighted by Crippen LogP contribution is -2.14. The Kier molecular flexibility index (Phi) is 4.93. The van der Waals surface area contributed by atoms with Gasteiger partial charge in [-0.2, -0.15) is 0 Å². The standard InChI is InChI=1S/C20H20N2O4/c1-12-5-7-15(13(2)9-12)22-20(23)18-19(26-11-21-18)14-6-8-16(24-3)17(10-14)25-4/h5-11H,1-4H3,(H,22,23). The fourth-order valence-electron chi connectivity index (χ4n) is 2.73. The van der Waals surface area contributed by atoms with Gasteiger partial charge in [0.1, 0.15) is 0 Å². The molecule has 0 fully saturated rings. The van der Waals surface area contributed by atoms with Crippen LogP contribution in [0.5, 0.6) is 11.5 Å². The van der Waals surface area contributed by atoms with Gasteiger partial charge in [-0.05, 0) is 43.7 Å². The number of methoxy groups -OCH3 is 2. The Bertz CT molecular complexity index is 947.